The minimum absolute atomic E-state index is 0.137. The third-order valence-electron chi connectivity index (χ3n) is 4.83. The lowest BCUT2D eigenvalue weighted by Gasteiger charge is -2.31. The third-order valence-corrected chi connectivity index (χ3v) is 4.83. The van der Waals surface area contributed by atoms with Crippen LogP contribution in [0.3, 0.4) is 0 Å². The van der Waals surface area contributed by atoms with E-state index in [9.17, 15) is 4.79 Å². The maximum atomic E-state index is 12.1. The number of carbonyl (C=O) groups excluding carboxylic acids is 1. The second-order valence-electron chi connectivity index (χ2n) is 6.50. The number of carbonyl (C=O) groups is 1. The highest BCUT2D eigenvalue weighted by atomic mass is 16.5. The van der Waals surface area contributed by atoms with Crippen LogP contribution in [0.5, 0.6) is 0 Å². The Morgan fingerprint density at radius 3 is 2.75 bits per heavy atom. The molecule has 1 N–H and O–H groups in total. The maximum absolute atomic E-state index is 12.1. The molecule has 0 saturated heterocycles. The van der Waals surface area contributed by atoms with Crippen molar-refractivity contribution in [2.24, 2.45) is 5.92 Å². The molecule has 2 fully saturated rings. The van der Waals surface area contributed by atoms with Crippen LogP contribution in [0, 0.1) is 5.92 Å². The SMILES string of the molecule is CCNC1(C(=O)OC)CCC(OC2CCCC(C)C2)C1. The Morgan fingerprint density at radius 1 is 1.30 bits per heavy atom. The number of hydrogen-bond donors (Lipinski definition) is 1. The number of likely N-dealkylation sites (N-methyl/N-ethyl adjacent to an activating group) is 1. The Labute approximate surface area is 122 Å². The summed E-state index contributed by atoms with van der Waals surface area (Å²) in [5, 5.41) is 3.33. The van der Waals surface area contributed by atoms with Crippen LogP contribution in [0.4, 0.5) is 0 Å². The fourth-order valence-corrected chi connectivity index (χ4v) is 3.84. The van der Waals surface area contributed by atoms with Gasteiger partial charge in [0, 0.05) is 6.42 Å². The lowest BCUT2D eigenvalue weighted by molar-refractivity contribution is -0.149. The minimum atomic E-state index is -0.519. The first-order chi connectivity index (χ1) is 9.59. The molecule has 116 valence electrons. The van der Waals surface area contributed by atoms with Crippen LogP contribution in [-0.4, -0.2) is 37.4 Å². The summed E-state index contributed by atoms with van der Waals surface area (Å²) in [5.74, 6) is 0.636. The van der Waals surface area contributed by atoms with E-state index in [1.54, 1.807) is 0 Å². The Bertz CT molecular complexity index is 334. The van der Waals surface area contributed by atoms with Crippen molar-refractivity contribution in [3.05, 3.63) is 0 Å². The number of hydrogen-bond acceptors (Lipinski definition) is 4. The van der Waals surface area contributed by atoms with Crippen molar-refractivity contribution in [3.63, 3.8) is 0 Å². The van der Waals surface area contributed by atoms with Gasteiger partial charge in [-0.1, -0.05) is 26.7 Å². The van der Waals surface area contributed by atoms with Crippen LogP contribution in [0.15, 0.2) is 0 Å². The van der Waals surface area contributed by atoms with Crippen molar-refractivity contribution in [3.8, 4) is 0 Å². The van der Waals surface area contributed by atoms with Crippen LogP contribution in [0.1, 0.15) is 58.8 Å². The molecule has 0 bridgehead atoms. The van der Waals surface area contributed by atoms with Crippen LogP contribution in [-0.2, 0) is 14.3 Å². The maximum Gasteiger partial charge on any atom is 0.326 e. The van der Waals surface area contributed by atoms with Crippen LogP contribution in [0.25, 0.3) is 0 Å². The van der Waals surface area contributed by atoms with Crippen molar-refractivity contribution >= 4 is 5.97 Å². The van der Waals surface area contributed by atoms with E-state index in [2.05, 4.69) is 12.2 Å². The zero-order valence-electron chi connectivity index (χ0n) is 13.1. The molecule has 0 amide bonds. The predicted molar refractivity (Wildman–Crippen MR) is 78.6 cm³/mol. The molecular formula is C16H29NO3. The van der Waals surface area contributed by atoms with Crippen molar-refractivity contribution in [2.45, 2.75) is 76.5 Å². The quantitative estimate of drug-likeness (QED) is 0.788. The van der Waals surface area contributed by atoms with Crippen molar-refractivity contribution < 1.29 is 14.3 Å². The number of rotatable bonds is 5. The predicted octanol–water partition coefficient (Wildman–Crippen LogP) is 2.66. The molecule has 4 atom stereocenters. The molecule has 0 spiro atoms. The van der Waals surface area contributed by atoms with E-state index >= 15 is 0 Å². The molecule has 2 aliphatic carbocycles. The van der Waals surface area contributed by atoms with Gasteiger partial charge in [-0.15, -0.1) is 0 Å². The van der Waals surface area contributed by atoms with Crippen LogP contribution in [0.2, 0.25) is 0 Å². The summed E-state index contributed by atoms with van der Waals surface area (Å²) in [6, 6.07) is 0. The molecule has 4 nitrogen and oxygen atoms in total. The molecule has 0 radical (unpaired) electrons. The first-order valence-electron chi connectivity index (χ1n) is 8.08. The molecule has 20 heavy (non-hydrogen) atoms. The lowest BCUT2D eigenvalue weighted by Crippen LogP contribution is -2.51. The monoisotopic (exact) mass is 283 g/mol. The van der Waals surface area contributed by atoms with E-state index in [4.69, 9.17) is 9.47 Å². The fourth-order valence-electron chi connectivity index (χ4n) is 3.84. The molecule has 0 aromatic rings. The van der Waals surface area contributed by atoms with E-state index in [1.165, 1.54) is 32.8 Å². The van der Waals surface area contributed by atoms with Gasteiger partial charge in [0.2, 0.25) is 0 Å². The Morgan fingerprint density at radius 2 is 2.10 bits per heavy atom. The summed E-state index contributed by atoms with van der Waals surface area (Å²) in [4.78, 5) is 12.1. The van der Waals surface area contributed by atoms with Gasteiger partial charge in [0.15, 0.2) is 0 Å². The van der Waals surface area contributed by atoms with E-state index in [0.29, 0.717) is 6.10 Å². The zero-order chi connectivity index (χ0) is 14.6. The van der Waals surface area contributed by atoms with Gasteiger partial charge in [-0.2, -0.15) is 0 Å². The largest absolute Gasteiger partial charge is 0.468 e. The van der Waals surface area contributed by atoms with Crippen molar-refractivity contribution in [1.82, 2.24) is 5.32 Å². The summed E-state index contributed by atoms with van der Waals surface area (Å²) in [6.45, 7) is 5.12. The molecule has 0 heterocycles. The Hall–Kier alpha value is -0.610. The number of nitrogens with one attached hydrogen (secondary N) is 1. The van der Waals surface area contributed by atoms with Gasteiger partial charge in [-0.05, 0) is 38.1 Å². The van der Waals surface area contributed by atoms with E-state index in [1.807, 2.05) is 6.92 Å². The first-order valence-corrected chi connectivity index (χ1v) is 8.08. The summed E-state index contributed by atoms with van der Waals surface area (Å²) in [7, 11) is 1.47. The third kappa shape index (κ3) is 3.53. The van der Waals surface area contributed by atoms with E-state index in [-0.39, 0.29) is 12.1 Å². The number of esters is 1. The summed E-state index contributed by atoms with van der Waals surface area (Å²) >= 11 is 0. The van der Waals surface area contributed by atoms with Gasteiger partial charge in [-0.3, -0.25) is 4.79 Å². The second kappa shape index (κ2) is 6.90. The van der Waals surface area contributed by atoms with Crippen molar-refractivity contribution in [1.29, 1.82) is 0 Å². The zero-order valence-corrected chi connectivity index (χ0v) is 13.1. The molecule has 2 aliphatic rings. The van der Waals surface area contributed by atoms with Gasteiger partial charge >= 0.3 is 5.97 Å². The molecule has 4 unspecified atom stereocenters. The molecule has 4 heteroatoms. The highest BCUT2D eigenvalue weighted by molar-refractivity contribution is 5.81. The molecule has 0 aromatic carbocycles. The Balaban J connectivity index is 1.91. The highest BCUT2D eigenvalue weighted by Crippen LogP contribution is 2.36. The van der Waals surface area contributed by atoms with E-state index < -0.39 is 5.54 Å². The average Bonchev–Trinajstić information content (AvgIpc) is 2.82. The normalized spacial score (nSPS) is 37.9. The average molecular weight is 283 g/mol. The molecule has 2 rings (SSSR count). The standard InChI is InChI=1S/C16H29NO3/c1-4-17-16(15(18)19-3)9-8-14(11-16)20-13-7-5-6-12(2)10-13/h12-14,17H,4-11H2,1-3H3. The van der Waals surface area contributed by atoms with Crippen molar-refractivity contribution in [2.75, 3.05) is 13.7 Å². The first kappa shape index (κ1) is 15.8. The van der Waals surface area contributed by atoms with Gasteiger partial charge in [-0.25, -0.2) is 0 Å². The molecule has 2 saturated carbocycles. The minimum Gasteiger partial charge on any atom is -0.468 e. The van der Waals surface area contributed by atoms with Gasteiger partial charge < -0.3 is 14.8 Å². The highest BCUT2D eigenvalue weighted by Gasteiger charge is 2.46. The second-order valence-corrected chi connectivity index (χ2v) is 6.50. The molecule has 0 aromatic heterocycles. The van der Waals surface area contributed by atoms with Crippen LogP contribution < -0.4 is 5.32 Å². The van der Waals surface area contributed by atoms with Crippen LogP contribution >= 0.6 is 0 Å². The summed E-state index contributed by atoms with van der Waals surface area (Å²) in [6.07, 6.45) is 8.05. The smallest absolute Gasteiger partial charge is 0.326 e. The van der Waals surface area contributed by atoms with Gasteiger partial charge in [0.05, 0.1) is 19.3 Å². The van der Waals surface area contributed by atoms with Gasteiger partial charge in [0.1, 0.15) is 5.54 Å². The summed E-state index contributed by atoms with van der Waals surface area (Å²) in [5.41, 5.74) is -0.519. The lowest BCUT2D eigenvalue weighted by atomic mass is 9.88. The molecular weight excluding hydrogens is 254 g/mol. The topological polar surface area (TPSA) is 47.6 Å². The summed E-state index contributed by atoms with van der Waals surface area (Å²) < 4.78 is 11.3. The van der Waals surface area contributed by atoms with Gasteiger partial charge in [0.25, 0.3) is 0 Å². The fraction of sp³-hybridized carbons (Fsp3) is 0.938. The van der Waals surface area contributed by atoms with E-state index in [0.717, 1.165) is 31.7 Å². The number of ether oxygens (including phenoxy) is 2. The Kier molecular flexibility index (Phi) is 5.44. The number of methoxy groups -OCH3 is 1. The molecule has 0 aliphatic heterocycles.